The normalized spacial score (nSPS) is 23.1. The highest BCUT2D eigenvalue weighted by molar-refractivity contribution is 5.38. The van der Waals surface area contributed by atoms with Gasteiger partial charge in [0, 0.05) is 12.5 Å². The van der Waals surface area contributed by atoms with Crippen LogP contribution in [0.5, 0.6) is 0 Å². The lowest BCUT2D eigenvalue weighted by atomic mass is 9.69. The number of hydrogen-bond donors (Lipinski definition) is 1. The summed E-state index contributed by atoms with van der Waals surface area (Å²) >= 11 is 0. The van der Waals surface area contributed by atoms with Gasteiger partial charge in [0.1, 0.15) is 5.82 Å². The molecule has 21 heavy (non-hydrogen) atoms. The average Bonchev–Trinajstić information content (AvgIpc) is 2.43. The van der Waals surface area contributed by atoms with E-state index in [0.717, 1.165) is 24.6 Å². The van der Waals surface area contributed by atoms with Crippen LogP contribution in [0.2, 0.25) is 0 Å². The zero-order valence-corrected chi connectivity index (χ0v) is 14.0. The number of nitrogens with one attached hydrogen (secondary N) is 1. The van der Waals surface area contributed by atoms with Gasteiger partial charge >= 0.3 is 0 Å². The molecule has 2 rings (SSSR count). The molecule has 0 unspecified atom stereocenters. The molecule has 1 saturated carbocycles. The second-order valence-electron chi connectivity index (χ2n) is 7.27. The van der Waals surface area contributed by atoms with Gasteiger partial charge in [-0.15, -0.1) is 0 Å². The SMILES string of the molecule is CCNc1nc(C2CCC(C(C)(C)C)CC2)nc(C)c1F. The summed E-state index contributed by atoms with van der Waals surface area (Å²) in [5.41, 5.74) is 0.827. The predicted octanol–water partition coefficient (Wildman–Crippen LogP) is 4.68. The Kier molecular flexibility index (Phi) is 4.84. The zero-order chi connectivity index (χ0) is 15.6. The first kappa shape index (κ1) is 16.2. The molecule has 0 aromatic carbocycles. The molecule has 0 bridgehead atoms. The van der Waals surface area contributed by atoms with Crippen LogP contribution in [0.3, 0.4) is 0 Å². The maximum Gasteiger partial charge on any atom is 0.186 e. The van der Waals surface area contributed by atoms with Gasteiger partial charge in [-0.2, -0.15) is 0 Å². The summed E-state index contributed by atoms with van der Waals surface area (Å²) in [6, 6.07) is 0. The van der Waals surface area contributed by atoms with Crippen molar-refractivity contribution < 1.29 is 4.39 Å². The quantitative estimate of drug-likeness (QED) is 0.879. The Labute approximate surface area is 127 Å². The van der Waals surface area contributed by atoms with Crippen LogP contribution in [-0.4, -0.2) is 16.5 Å². The third-order valence-corrected chi connectivity index (χ3v) is 4.70. The maximum absolute atomic E-state index is 14.0. The van der Waals surface area contributed by atoms with E-state index in [0.29, 0.717) is 29.4 Å². The second-order valence-corrected chi connectivity index (χ2v) is 7.27. The Morgan fingerprint density at radius 2 is 1.76 bits per heavy atom. The molecule has 1 aromatic rings. The number of rotatable bonds is 3. The smallest absolute Gasteiger partial charge is 0.186 e. The van der Waals surface area contributed by atoms with E-state index in [1.165, 1.54) is 12.8 Å². The first-order chi connectivity index (χ1) is 9.82. The highest BCUT2D eigenvalue weighted by atomic mass is 19.1. The van der Waals surface area contributed by atoms with Crippen molar-refractivity contribution >= 4 is 5.82 Å². The molecular weight excluding hydrogens is 265 g/mol. The topological polar surface area (TPSA) is 37.8 Å². The van der Waals surface area contributed by atoms with Crippen molar-refractivity contribution in [3.8, 4) is 0 Å². The Hall–Kier alpha value is -1.19. The van der Waals surface area contributed by atoms with Crippen LogP contribution >= 0.6 is 0 Å². The van der Waals surface area contributed by atoms with Crippen molar-refractivity contribution in [3.05, 3.63) is 17.3 Å². The molecule has 3 nitrogen and oxygen atoms in total. The van der Waals surface area contributed by atoms with Crippen LogP contribution in [0.15, 0.2) is 0 Å². The minimum atomic E-state index is -0.316. The molecule has 118 valence electrons. The van der Waals surface area contributed by atoms with Gasteiger partial charge in [-0.1, -0.05) is 20.8 Å². The average molecular weight is 293 g/mol. The van der Waals surface area contributed by atoms with Crippen molar-refractivity contribution in [3.63, 3.8) is 0 Å². The first-order valence-corrected chi connectivity index (χ1v) is 8.10. The summed E-state index contributed by atoms with van der Waals surface area (Å²) in [4.78, 5) is 8.84. The summed E-state index contributed by atoms with van der Waals surface area (Å²) in [7, 11) is 0. The zero-order valence-electron chi connectivity index (χ0n) is 14.0. The van der Waals surface area contributed by atoms with E-state index in [4.69, 9.17) is 0 Å². The fourth-order valence-corrected chi connectivity index (χ4v) is 3.27. The van der Waals surface area contributed by atoms with Gasteiger partial charge in [-0.3, -0.25) is 0 Å². The first-order valence-electron chi connectivity index (χ1n) is 8.10. The number of aromatic nitrogens is 2. The van der Waals surface area contributed by atoms with Crippen molar-refractivity contribution in [1.29, 1.82) is 0 Å². The molecule has 1 heterocycles. The summed E-state index contributed by atoms with van der Waals surface area (Å²) < 4.78 is 14.0. The standard InChI is InChI=1S/C17H28FN3/c1-6-19-16-14(18)11(2)20-15(21-16)12-7-9-13(10-8-12)17(3,4)5/h12-13H,6-10H2,1-5H3,(H,19,20,21). The fraction of sp³-hybridized carbons (Fsp3) is 0.765. The van der Waals surface area contributed by atoms with E-state index in [-0.39, 0.29) is 5.82 Å². The van der Waals surface area contributed by atoms with Gasteiger partial charge in [-0.05, 0) is 50.9 Å². The third kappa shape index (κ3) is 3.72. The van der Waals surface area contributed by atoms with Crippen molar-refractivity contribution in [2.24, 2.45) is 11.3 Å². The summed E-state index contributed by atoms with van der Waals surface area (Å²) in [6.07, 6.45) is 4.64. The Balaban J connectivity index is 2.13. The molecular formula is C17H28FN3. The summed E-state index contributed by atoms with van der Waals surface area (Å²) in [5, 5.41) is 3.00. The lowest BCUT2D eigenvalue weighted by Gasteiger charge is -2.36. The number of hydrogen-bond acceptors (Lipinski definition) is 3. The monoisotopic (exact) mass is 293 g/mol. The van der Waals surface area contributed by atoms with E-state index < -0.39 is 0 Å². The molecule has 1 aliphatic rings. The lowest BCUT2D eigenvalue weighted by Crippen LogP contribution is -2.26. The number of aryl methyl sites for hydroxylation is 1. The van der Waals surface area contributed by atoms with Crippen molar-refractivity contribution in [1.82, 2.24) is 9.97 Å². The summed E-state index contributed by atoms with van der Waals surface area (Å²) in [6.45, 7) is 11.3. The minimum Gasteiger partial charge on any atom is -0.368 e. The van der Waals surface area contributed by atoms with Crippen LogP contribution in [0.1, 0.15) is 70.8 Å². The predicted molar refractivity (Wildman–Crippen MR) is 85.0 cm³/mol. The molecule has 1 fully saturated rings. The van der Waals surface area contributed by atoms with Gasteiger partial charge in [0.2, 0.25) is 0 Å². The minimum absolute atomic E-state index is 0.316. The second kappa shape index (κ2) is 6.29. The van der Waals surface area contributed by atoms with E-state index in [1.54, 1.807) is 6.92 Å². The van der Waals surface area contributed by atoms with Gasteiger partial charge in [0.25, 0.3) is 0 Å². The molecule has 1 N–H and O–H groups in total. The Morgan fingerprint density at radius 3 is 2.29 bits per heavy atom. The number of nitrogens with zero attached hydrogens (tertiary/aromatic N) is 2. The van der Waals surface area contributed by atoms with Crippen LogP contribution in [0.25, 0.3) is 0 Å². The molecule has 0 amide bonds. The fourth-order valence-electron chi connectivity index (χ4n) is 3.27. The third-order valence-electron chi connectivity index (χ3n) is 4.70. The van der Waals surface area contributed by atoms with Crippen LogP contribution < -0.4 is 5.32 Å². The number of halogens is 1. The van der Waals surface area contributed by atoms with E-state index in [1.807, 2.05) is 6.92 Å². The molecule has 0 saturated heterocycles. The molecule has 4 heteroatoms. The van der Waals surface area contributed by atoms with Crippen molar-refractivity contribution in [2.75, 3.05) is 11.9 Å². The highest BCUT2D eigenvalue weighted by Gasteiger charge is 2.31. The molecule has 0 aliphatic heterocycles. The number of anilines is 1. The Bertz CT molecular complexity index is 486. The van der Waals surface area contributed by atoms with Crippen LogP contribution in [0, 0.1) is 24.1 Å². The summed E-state index contributed by atoms with van der Waals surface area (Å²) in [5.74, 6) is 2.00. The van der Waals surface area contributed by atoms with Crippen LogP contribution in [-0.2, 0) is 0 Å². The van der Waals surface area contributed by atoms with E-state index in [2.05, 4.69) is 36.1 Å². The molecule has 1 aromatic heterocycles. The highest BCUT2D eigenvalue weighted by Crippen LogP contribution is 2.42. The van der Waals surface area contributed by atoms with Gasteiger partial charge in [-0.25, -0.2) is 14.4 Å². The molecule has 0 radical (unpaired) electrons. The molecule has 0 spiro atoms. The Morgan fingerprint density at radius 1 is 1.14 bits per heavy atom. The van der Waals surface area contributed by atoms with Gasteiger partial charge in [0.15, 0.2) is 11.6 Å². The maximum atomic E-state index is 14.0. The van der Waals surface area contributed by atoms with Crippen LogP contribution in [0.4, 0.5) is 10.2 Å². The lowest BCUT2D eigenvalue weighted by molar-refractivity contribution is 0.167. The van der Waals surface area contributed by atoms with E-state index in [9.17, 15) is 4.39 Å². The van der Waals surface area contributed by atoms with Crippen molar-refractivity contribution in [2.45, 2.75) is 66.2 Å². The van der Waals surface area contributed by atoms with E-state index >= 15 is 0 Å². The molecule has 0 atom stereocenters. The van der Waals surface area contributed by atoms with Gasteiger partial charge in [0.05, 0.1) is 5.69 Å². The molecule has 1 aliphatic carbocycles. The van der Waals surface area contributed by atoms with Gasteiger partial charge < -0.3 is 5.32 Å². The largest absolute Gasteiger partial charge is 0.368 e.